The molecule has 1 aromatic heterocycles. The highest BCUT2D eigenvalue weighted by Gasteiger charge is 2.03. The van der Waals surface area contributed by atoms with Gasteiger partial charge in [-0.15, -0.1) is 0 Å². The molecule has 0 spiro atoms. The number of benzene rings is 2. The lowest BCUT2D eigenvalue weighted by molar-refractivity contribution is 0.834. The predicted octanol–water partition coefficient (Wildman–Crippen LogP) is 5.07. The SMILES string of the molecule is Cc1cc(C)cc(Cn2ccc3cc(Br)ccc32)c1. The normalized spacial score (nSPS) is 11.1. The predicted molar refractivity (Wildman–Crippen MR) is 84.7 cm³/mol. The van der Waals surface area contributed by atoms with Crippen LogP contribution in [0.4, 0.5) is 0 Å². The first kappa shape index (κ1) is 12.5. The van der Waals surface area contributed by atoms with Crippen LogP contribution in [0.1, 0.15) is 16.7 Å². The minimum atomic E-state index is 0.924. The van der Waals surface area contributed by atoms with Gasteiger partial charge in [-0.2, -0.15) is 0 Å². The molecule has 0 amide bonds. The Balaban J connectivity index is 2.01. The largest absolute Gasteiger partial charge is 0.343 e. The van der Waals surface area contributed by atoms with Crippen molar-refractivity contribution in [3.8, 4) is 0 Å². The third kappa shape index (κ3) is 2.59. The number of fused-ring (bicyclic) bond motifs is 1. The number of hydrogen-bond acceptors (Lipinski definition) is 0. The zero-order chi connectivity index (χ0) is 13.4. The molecule has 0 N–H and O–H groups in total. The van der Waals surface area contributed by atoms with E-state index >= 15 is 0 Å². The Hall–Kier alpha value is -1.54. The average molecular weight is 314 g/mol. The summed E-state index contributed by atoms with van der Waals surface area (Å²) in [4.78, 5) is 0. The highest BCUT2D eigenvalue weighted by atomic mass is 79.9. The highest BCUT2D eigenvalue weighted by Crippen LogP contribution is 2.22. The second-order valence-corrected chi connectivity index (χ2v) is 6.06. The summed E-state index contributed by atoms with van der Waals surface area (Å²) in [6.07, 6.45) is 2.16. The molecule has 0 aliphatic heterocycles. The van der Waals surface area contributed by atoms with Crippen LogP contribution in [0.5, 0.6) is 0 Å². The summed E-state index contributed by atoms with van der Waals surface area (Å²) in [7, 11) is 0. The molecule has 3 rings (SSSR count). The van der Waals surface area contributed by atoms with E-state index in [1.54, 1.807) is 0 Å². The first-order valence-electron chi connectivity index (χ1n) is 6.43. The Morgan fingerprint density at radius 1 is 0.947 bits per heavy atom. The van der Waals surface area contributed by atoms with E-state index < -0.39 is 0 Å². The van der Waals surface area contributed by atoms with Crippen molar-refractivity contribution in [2.45, 2.75) is 20.4 Å². The van der Waals surface area contributed by atoms with Crippen LogP contribution in [-0.2, 0) is 6.54 Å². The first-order valence-corrected chi connectivity index (χ1v) is 7.23. The number of aryl methyl sites for hydroxylation is 2. The fourth-order valence-corrected chi connectivity index (χ4v) is 3.04. The van der Waals surface area contributed by atoms with Crippen LogP contribution >= 0.6 is 15.9 Å². The van der Waals surface area contributed by atoms with Gasteiger partial charge in [-0.05, 0) is 43.7 Å². The summed E-state index contributed by atoms with van der Waals surface area (Å²) in [5.41, 5.74) is 5.30. The summed E-state index contributed by atoms with van der Waals surface area (Å²) < 4.78 is 3.43. The summed E-state index contributed by atoms with van der Waals surface area (Å²) >= 11 is 3.52. The second kappa shape index (κ2) is 4.86. The highest BCUT2D eigenvalue weighted by molar-refractivity contribution is 9.10. The van der Waals surface area contributed by atoms with E-state index in [9.17, 15) is 0 Å². The third-order valence-electron chi connectivity index (χ3n) is 3.37. The lowest BCUT2D eigenvalue weighted by Crippen LogP contribution is -1.98. The van der Waals surface area contributed by atoms with E-state index in [1.165, 1.54) is 27.6 Å². The van der Waals surface area contributed by atoms with Crippen molar-refractivity contribution in [1.82, 2.24) is 4.57 Å². The van der Waals surface area contributed by atoms with Crippen LogP contribution in [-0.4, -0.2) is 4.57 Å². The van der Waals surface area contributed by atoms with Crippen LogP contribution in [0.2, 0.25) is 0 Å². The van der Waals surface area contributed by atoms with E-state index in [1.807, 2.05) is 0 Å². The molecule has 0 aliphatic carbocycles. The molecule has 0 aliphatic rings. The van der Waals surface area contributed by atoms with E-state index in [0.29, 0.717) is 0 Å². The number of nitrogens with zero attached hydrogens (tertiary/aromatic N) is 1. The average Bonchev–Trinajstić information content (AvgIpc) is 2.70. The molecule has 3 aromatic rings. The Morgan fingerprint density at radius 3 is 2.42 bits per heavy atom. The van der Waals surface area contributed by atoms with Gasteiger partial charge in [-0.25, -0.2) is 0 Å². The fraction of sp³-hybridized carbons (Fsp3) is 0.176. The van der Waals surface area contributed by atoms with Gasteiger partial charge in [0.2, 0.25) is 0 Å². The molecule has 0 unspecified atom stereocenters. The van der Waals surface area contributed by atoms with E-state index in [0.717, 1.165) is 11.0 Å². The maximum absolute atomic E-state index is 3.52. The Morgan fingerprint density at radius 2 is 1.68 bits per heavy atom. The molecule has 0 radical (unpaired) electrons. The molecule has 0 bridgehead atoms. The van der Waals surface area contributed by atoms with Crippen molar-refractivity contribution in [2.75, 3.05) is 0 Å². The number of halogens is 1. The van der Waals surface area contributed by atoms with Gasteiger partial charge in [0.15, 0.2) is 0 Å². The van der Waals surface area contributed by atoms with Crippen molar-refractivity contribution in [2.24, 2.45) is 0 Å². The minimum absolute atomic E-state index is 0.924. The molecule has 19 heavy (non-hydrogen) atoms. The van der Waals surface area contributed by atoms with E-state index in [2.05, 4.69) is 83.0 Å². The standard InChI is InChI=1S/C17H16BrN/c1-12-7-13(2)9-14(8-12)11-19-6-5-15-10-16(18)3-4-17(15)19/h3-10H,11H2,1-2H3. The van der Waals surface area contributed by atoms with Crippen molar-refractivity contribution in [1.29, 1.82) is 0 Å². The van der Waals surface area contributed by atoms with Gasteiger partial charge >= 0.3 is 0 Å². The van der Waals surface area contributed by atoms with E-state index in [4.69, 9.17) is 0 Å². The fourth-order valence-electron chi connectivity index (χ4n) is 2.67. The van der Waals surface area contributed by atoms with Crippen LogP contribution in [0, 0.1) is 13.8 Å². The summed E-state index contributed by atoms with van der Waals surface area (Å²) in [5, 5.41) is 1.28. The number of hydrogen-bond donors (Lipinski definition) is 0. The molecule has 2 aromatic carbocycles. The number of aromatic nitrogens is 1. The van der Waals surface area contributed by atoms with Crippen molar-refractivity contribution < 1.29 is 0 Å². The van der Waals surface area contributed by atoms with Crippen LogP contribution in [0.25, 0.3) is 10.9 Å². The number of rotatable bonds is 2. The third-order valence-corrected chi connectivity index (χ3v) is 3.86. The molecule has 1 heterocycles. The monoisotopic (exact) mass is 313 g/mol. The molecule has 1 nitrogen and oxygen atoms in total. The maximum Gasteiger partial charge on any atom is 0.0484 e. The summed E-state index contributed by atoms with van der Waals surface area (Å²) in [5.74, 6) is 0. The Labute approximate surface area is 122 Å². The molecule has 0 saturated carbocycles. The first-order chi connectivity index (χ1) is 9.11. The van der Waals surface area contributed by atoms with Crippen molar-refractivity contribution >= 4 is 26.8 Å². The van der Waals surface area contributed by atoms with Crippen LogP contribution in [0.15, 0.2) is 53.1 Å². The topological polar surface area (TPSA) is 4.93 Å². The minimum Gasteiger partial charge on any atom is -0.343 e. The van der Waals surface area contributed by atoms with Gasteiger partial charge in [0, 0.05) is 28.1 Å². The Bertz CT molecular complexity index is 720. The van der Waals surface area contributed by atoms with Gasteiger partial charge in [0.05, 0.1) is 0 Å². The van der Waals surface area contributed by atoms with E-state index in [-0.39, 0.29) is 0 Å². The smallest absolute Gasteiger partial charge is 0.0484 e. The van der Waals surface area contributed by atoms with Gasteiger partial charge in [0.25, 0.3) is 0 Å². The molecule has 0 fully saturated rings. The molecule has 0 atom stereocenters. The van der Waals surface area contributed by atoms with Crippen molar-refractivity contribution in [3.63, 3.8) is 0 Å². The van der Waals surface area contributed by atoms with Crippen molar-refractivity contribution in [3.05, 3.63) is 69.8 Å². The zero-order valence-electron chi connectivity index (χ0n) is 11.2. The zero-order valence-corrected chi connectivity index (χ0v) is 12.7. The summed E-state index contributed by atoms with van der Waals surface area (Å²) in [6.45, 7) is 5.23. The lowest BCUT2D eigenvalue weighted by Gasteiger charge is -2.08. The lowest BCUT2D eigenvalue weighted by atomic mass is 10.1. The molecule has 2 heteroatoms. The molecule has 96 valence electrons. The molecular weight excluding hydrogens is 298 g/mol. The van der Waals surface area contributed by atoms with Crippen LogP contribution < -0.4 is 0 Å². The van der Waals surface area contributed by atoms with Gasteiger partial charge in [-0.1, -0.05) is 45.3 Å². The van der Waals surface area contributed by atoms with Gasteiger partial charge < -0.3 is 4.57 Å². The quantitative estimate of drug-likeness (QED) is 0.622. The summed E-state index contributed by atoms with van der Waals surface area (Å²) in [6, 6.07) is 15.3. The molecular formula is C17H16BrN. The Kier molecular flexibility index (Phi) is 3.19. The maximum atomic E-state index is 3.52. The molecule has 0 saturated heterocycles. The second-order valence-electron chi connectivity index (χ2n) is 5.14. The van der Waals surface area contributed by atoms with Gasteiger partial charge in [-0.3, -0.25) is 0 Å². The van der Waals surface area contributed by atoms with Gasteiger partial charge in [0.1, 0.15) is 0 Å². The van der Waals surface area contributed by atoms with Crippen LogP contribution in [0.3, 0.4) is 0 Å².